The van der Waals surface area contributed by atoms with Crippen molar-refractivity contribution in [3.63, 3.8) is 0 Å². The third-order valence-corrected chi connectivity index (χ3v) is 4.15. The molecule has 0 fully saturated rings. The maximum absolute atomic E-state index is 11.7. The molecule has 1 aromatic carbocycles. The summed E-state index contributed by atoms with van der Waals surface area (Å²) in [5, 5.41) is 0. The second-order valence-electron chi connectivity index (χ2n) is 4.13. The molecule has 1 aromatic rings. The predicted molar refractivity (Wildman–Crippen MR) is 70.6 cm³/mol. The van der Waals surface area contributed by atoms with Crippen LogP contribution in [-0.2, 0) is 10.0 Å². The van der Waals surface area contributed by atoms with Crippen LogP contribution in [0.25, 0.3) is 0 Å². The molecule has 0 saturated carbocycles. The fraction of sp³-hybridized carbons (Fsp3) is 0.455. The monoisotopic (exact) mass is 257 g/mol. The number of nitrogens with zero attached hydrogens (tertiary/aromatic N) is 1. The third kappa shape index (κ3) is 2.89. The molecule has 0 unspecified atom stereocenters. The Morgan fingerprint density at radius 2 is 1.94 bits per heavy atom. The van der Waals surface area contributed by atoms with Crippen LogP contribution < -0.4 is 15.4 Å². The third-order valence-electron chi connectivity index (χ3n) is 2.74. The number of sulfonamides is 1. The van der Waals surface area contributed by atoms with Crippen LogP contribution in [-0.4, -0.2) is 28.6 Å². The normalized spacial score (nSPS) is 11.8. The van der Waals surface area contributed by atoms with E-state index in [-0.39, 0.29) is 10.9 Å². The minimum absolute atomic E-state index is 0.219. The largest absolute Gasteiger partial charge is 0.397 e. The van der Waals surface area contributed by atoms with Crippen molar-refractivity contribution in [2.45, 2.75) is 24.8 Å². The molecule has 3 N–H and O–H groups in total. The van der Waals surface area contributed by atoms with Crippen molar-refractivity contribution in [1.82, 2.24) is 4.72 Å². The molecule has 0 bridgehead atoms. The maximum Gasteiger partial charge on any atom is 0.240 e. The fourth-order valence-corrected chi connectivity index (χ4v) is 2.14. The van der Waals surface area contributed by atoms with E-state index in [1.54, 1.807) is 12.1 Å². The minimum atomic E-state index is -3.43. The lowest BCUT2D eigenvalue weighted by molar-refractivity contribution is 0.588. The van der Waals surface area contributed by atoms with Gasteiger partial charge in [-0.2, -0.15) is 0 Å². The summed E-state index contributed by atoms with van der Waals surface area (Å²) in [4.78, 5) is 2.15. The molecule has 0 aliphatic carbocycles. The van der Waals surface area contributed by atoms with Gasteiger partial charge in [-0.25, -0.2) is 13.1 Å². The van der Waals surface area contributed by atoms with Gasteiger partial charge >= 0.3 is 0 Å². The first-order valence-electron chi connectivity index (χ1n) is 5.35. The summed E-state index contributed by atoms with van der Waals surface area (Å²) in [7, 11) is -0.161. The van der Waals surface area contributed by atoms with Crippen molar-refractivity contribution in [3.8, 4) is 0 Å². The van der Waals surface area contributed by atoms with Crippen LogP contribution in [0.2, 0.25) is 0 Å². The summed E-state index contributed by atoms with van der Waals surface area (Å²) in [6, 6.07) is 4.93. The van der Waals surface area contributed by atoms with E-state index in [2.05, 4.69) is 4.72 Å². The number of benzene rings is 1. The highest BCUT2D eigenvalue weighted by Crippen LogP contribution is 2.26. The predicted octanol–water partition coefficient (Wildman–Crippen LogP) is 1.02. The van der Waals surface area contributed by atoms with Gasteiger partial charge < -0.3 is 10.6 Å². The highest BCUT2D eigenvalue weighted by molar-refractivity contribution is 7.89. The zero-order valence-corrected chi connectivity index (χ0v) is 11.4. The molecule has 5 nitrogen and oxygen atoms in total. The summed E-state index contributed by atoms with van der Waals surface area (Å²) < 4.78 is 25.7. The van der Waals surface area contributed by atoms with E-state index >= 15 is 0 Å². The summed E-state index contributed by atoms with van der Waals surface area (Å²) >= 11 is 0. The van der Waals surface area contributed by atoms with Gasteiger partial charge in [0.25, 0.3) is 0 Å². The molecule has 0 atom stereocenters. The second kappa shape index (κ2) is 4.93. The zero-order valence-electron chi connectivity index (χ0n) is 10.6. The van der Waals surface area contributed by atoms with Crippen molar-refractivity contribution in [2.24, 2.45) is 0 Å². The Kier molecular flexibility index (Phi) is 4.00. The highest BCUT2D eigenvalue weighted by Gasteiger charge is 2.15. The summed E-state index contributed by atoms with van der Waals surface area (Å²) in [5.74, 6) is 0. The highest BCUT2D eigenvalue weighted by atomic mass is 32.2. The van der Waals surface area contributed by atoms with E-state index in [4.69, 9.17) is 5.73 Å². The van der Waals surface area contributed by atoms with Crippen LogP contribution in [0, 0.1) is 0 Å². The first kappa shape index (κ1) is 13.8. The average molecular weight is 257 g/mol. The Morgan fingerprint density at radius 3 is 2.41 bits per heavy atom. The average Bonchev–Trinajstić information content (AvgIpc) is 2.28. The number of hydrogen-bond donors (Lipinski definition) is 2. The maximum atomic E-state index is 11.7. The van der Waals surface area contributed by atoms with Crippen molar-refractivity contribution in [3.05, 3.63) is 18.2 Å². The molecule has 96 valence electrons. The molecule has 0 amide bonds. The number of nitrogen functional groups attached to an aromatic ring is 1. The van der Waals surface area contributed by atoms with Crippen LogP contribution in [0.15, 0.2) is 23.1 Å². The van der Waals surface area contributed by atoms with E-state index in [0.29, 0.717) is 5.69 Å². The Balaban J connectivity index is 3.30. The molecular formula is C11H19N3O2S. The smallest absolute Gasteiger partial charge is 0.240 e. The topological polar surface area (TPSA) is 75.4 Å². The number of hydrogen-bond acceptors (Lipinski definition) is 4. The first-order valence-corrected chi connectivity index (χ1v) is 6.84. The van der Waals surface area contributed by atoms with Gasteiger partial charge in [-0.05, 0) is 39.1 Å². The van der Waals surface area contributed by atoms with E-state index in [1.807, 2.05) is 25.8 Å². The summed E-state index contributed by atoms with van der Waals surface area (Å²) in [6.45, 7) is 4.03. The van der Waals surface area contributed by atoms with Gasteiger partial charge in [-0.15, -0.1) is 0 Å². The molecule has 0 saturated heterocycles. The van der Waals surface area contributed by atoms with Crippen LogP contribution in [0.3, 0.4) is 0 Å². The van der Waals surface area contributed by atoms with E-state index < -0.39 is 10.0 Å². The fourth-order valence-electron chi connectivity index (χ4n) is 1.39. The standard InChI is InChI=1S/C11H19N3O2S/c1-8(2)14(4)11-7-9(5-6-10(11)12)17(15,16)13-3/h5-8,13H,12H2,1-4H3. The molecule has 0 spiro atoms. The van der Waals surface area contributed by atoms with Gasteiger partial charge in [0.05, 0.1) is 16.3 Å². The lowest BCUT2D eigenvalue weighted by atomic mass is 10.2. The lowest BCUT2D eigenvalue weighted by Gasteiger charge is -2.25. The Hall–Kier alpha value is -1.27. The SMILES string of the molecule is CNS(=O)(=O)c1ccc(N)c(N(C)C(C)C)c1. The molecule has 1 rings (SSSR count). The Morgan fingerprint density at radius 1 is 1.35 bits per heavy atom. The minimum Gasteiger partial charge on any atom is -0.397 e. The summed E-state index contributed by atoms with van der Waals surface area (Å²) in [6.07, 6.45) is 0. The molecule has 0 aromatic heterocycles. The molecular weight excluding hydrogens is 238 g/mol. The van der Waals surface area contributed by atoms with Gasteiger partial charge in [0.15, 0.2) is 0 Å². The van der Waals surface area contributed by atoms with Crippen LogP contribution >= 0.6 is 0 Å². The Labute approximate surface area is 103 Å². The van der Waals surface area contributed by atoms with Gasteiger partial charge in [0, 0.05) is 13.1 Å². The van der Waals surface area contributed by atoms with Crippen molar-refractivity contribution in [2.75, 3.05) is 24.7 Å². The van der Waals surface area contributed by atoms with Crippen molar-refractivity contribution >= 4 is 21.4 Å². The molecule has 0 heterocycles. The number of nitrogens with two attached hydrogens (primary N) is 1. The van der Waals surface area contributed by atoms with Gasteiger partial charge in [-0.1, -0.05) is 0 Å². The quantitative estimate of drug-likeness (QED) is 0.790. The van der Waals surface area contributed by atoms with E-state index in [9.17, 15) is 8.42 Å². The molecule has 0 radical (unpaired) electrons. The van der Waals surface area contributed by atoms with Crippen molar-refractivity contribution in [1.29, 1.82) is 0 Å². The van der Waals surface area contributed by atoms with Crippen LogP contribution in [0.4, 0.5) is 11.4 Å². The van der Waals surface area contributed by atoms with Gasteiger partial charge in [0.2, 0.25) is 10.0 Å². The first-order chi connectivity index (χ1) is 7.79. The zero-order chi connectivity index (χ0) is 13.2. The molecule has 0 aliphatic rings. The molecule has 17 heavy (non-hydrogen) atoms. The summed E-state index contributed by atoms with van der Waals surface area (Å²) in [5.41, 5.74) is 7.14. The van der Waals surface area contributed by atoms with Crippen LogP contribution in [0.1, 0.15) is 13.8 Å². The second-order valence-corrected chi connectivity index (χ2v) is 6.02. The van der Waals surface area contributed by atoms with Crippen LogP contribution in [0.5, 0.6) is 0 Å². The van der Waals surface area contributed by atoms with E-state index in [0.717, 1.165) is 5.69 Å². The number of nitrogens with one attached hydrogen (secondary N) is 1. The molecule has 0 aliphatic heterocycles. The lowest BCUT2D eigenvalue weighted by Crippen LogP contribution is -2.27. The number of anilines is 2. The number of rotatable bonds is 4. The van der Waals surface area contributed by atoms with Gasteiger partial charge in [-0.3, -0.25) is 0 Å². The van der Waals surface area contributed by atoms with Crippen molar-refractivity contribution < 1.29 is 8.42 Å². The Bertz CT molecular complexity index is 497. The van der Waals surface area contributed by atoms with Gasteiger partial charge in [0.1, 0.15) is 0 Å². The van der Waals surface area contributed by atoms with E-state index in [1.165, 1.54) is 13.1 Å². The molecule has 6 heteroatoms.